The van der Waals surface area contributed by atoms with Crippen LogP contribution in [-0.4, -0.2) is 14.3 Å². The van der Waals surface area contributed by atoms with Gasteiger partial charge >= 0.3 is 0 Å². The second-order valence-electron chi connectivity index (χ2n) is 5.81. The molecular weight excluding hydrogens is 367 g/mol. The third-order valence-electron chi connectivity index (χ3n) is 3.77. The first-order valence-corrected chi connectivity index (χ1v) is 9.63. The molecule has 0 aliphatic carbocycles. The van der Waals surface area contributed by atoms with E-state index in [4.69, 9.17) is 0 Å². The van der Waals surface area contributed by atoms with Gasteiger partial charge in [0.25, 0.3) is 15.9 Å². The van der Waals surface area contributed by atoms with Gasteiger partial charge in [0.1, 0.15) is 5.82 Å². The van der Waals surface area contributed by atoms with E-state index in [1.165, 1.54) is 30.3 Å². The molecule has 0 saturated carbocycles. The average Bonchev–Trinajstić information content (AvgIpc) is 2.67. The molecule has 1 amide bonds. The zero-order valence-corrected chi connectivity index (χ0v) is 15.0. The van der Waals surface area contributed by atoms with Crippen molar-refractivity contribution in [1.29, 1.82) is 0 Å². The van der Waals surface area contributed by atoms with Crippen molar-refractivity contribution in [1.82, 2.24) is 5.32 Å². The summed E-state index contributed by atoms with van der Waals surface area (Å²) in [6.45, 7) is 0.163. The minimum Gasteiger partial charge on any atom is -0.348 e. The maximum absolute atomic E-state index is 13.2. The predicted molar refractivity (Wildman–Crippen MR) is 101 cm³/mol. The van der Waals surface area contributed by atoms with Gasteiger partial charge in [0.15, 0.2) is 0 Å². The van der Waals surface area contributed by atoms with Crippen LogP contribution in [0, 0.1) is 5.82 Å². The molecule has 0 atom stereocenters. The highest BCUT2D eigenvalue weighted by atomic mass is 32.2. The molecule has 0 aliphatic heterocycles. The summed E-state index contributed by atoms with van der Waals surface area (Å²) in [6.07, 6.45) is 0. The van der Waals surface area contributed by atoms with Crippen LogP contribution in [0.3, 0.4) is 0 Å². The van der Waals surface area contributed by atoms with Gasteiger partial charge in [-0.1, -0.05) is 36.4 Å². The Hall–Kier alpha value is -3.19. The summed E-state index contributed by atoms with van der Waals surface area (Å²) in [7, 11) is -3.74. The van der Waals surface area contributed by atoms with E-state index in [2.05, 4.69) is 10.0 Å². The number of anilines is 1. The van der Waals surface area contributed by atoms with Crippen LogP contribution >= 0.6 is 0 Å². The number of hydrogen-bond donors (Lipinski definition) is 2. The highest BCUT2D eigenvalue weighted by Gasteiger charge is 2.14. The van der Waals surface area contributed by atoms with E-state index in [1.54, 1.807) is 48.5 Å². The van der Waals surface area contributed by atoms with Crippen LogP contribution in [-0.2, 0) is 16.6 Å². The largest absolute Gasteiger partial charge is 0.348 e. The van der Waals surface area contributed by atoms with Crippen molar-refractivity contribution in [2.45, 2.75) is 11.4 Å². The molecule has 0 bridgehead atoms. The van der Waals surface area contributed by atoms with E-state index in [1.807, 2.05) is 0 Å². The molecule has 2 N–H and O–H groups in total. The molecule has 0 unspecified atom stereocenters. The summed E-state index contributed by atoms with van der Waals surface area (Å²) in [5.74, 6) is -0.765. The minimum absolute atomic E-state index is 0.131. The van der Waals surface area contributed by atoms with Gasteiger partial charge in [-0.05, 0) is 48.0 Å². The molecule has 5 nitrogen and oxygen atoms in total. The van der Waals surface area contributed by atoms with Crippen LogP contribution < -0.4 is 10.0 Å². The quantitative estimate of drug-likeness (QED) is 0.682. The highest BCUT2D eigenvalue weighted by molar-refractivity contribution is 7.92. The fourth-order valence-electron chi connectivity index (χ4n) is 2.47. The normalized spacial score (nSPS) is 11.0. The predicted octanol–water partition coefficient (Wildman–Crippen LogP) is 3.56. The monoisotopic (exact) mass is 384 g/mol. The Morgan fingerprint density at radius 1 is 0.889 bits per heavy atom. The van der Waals surface area contributed by atoms with Crippen LogP contribution in [0.1, 0.15) is 15.9 Å². The summed E-state index contributed by atoms with van der Waals surface area (Å²) < 4.78 is 40.4. The van der Waals surface area contributed by atoms with E-state index >= 15 is 0 Å². The van der Waals surface area contributed by atoms with E-state index in [9.17, 15) is 17.6 Å². The first kappa shape index (κ1) is 18.6. The third-order valence-corrected chi connectivity index (χ3v) is 5.17. The lowest BCUT2D eigenvalue weighted by Gasteiger charge is -2.10. The Morgan fingerprint density at radius 2 is 1.63 bits per heavy atom. The molecule has 0 heterocycles. The van der Waals surface area contributed by atoms with Crippen molar-refractivity contribution in [2.24, 2.45) is 0 Å². The molecule has 7 heteroatoms. The Kier molecular flexibility index (Phi) is 5.52. The lowest BCUT2D eigenvalue weighted by atomic mass is 10.1. The van der Waals surface area contributed by atoms with Crippen molar-refractivity contribution in [3.8, 4) is 0 Å². The van der Waals surface area contributed by atoms with Gasteiger partial charge in [-0.2, -0.15) is 0 Å². The Bertz CT molecular complexity index is 1050. The number of hydrogen-bond acceptors (Lipinski definition) is 3. The molecule has 138 valence electrons. The second kappa shape index (κ2) is 8.01. The van der Waals surface area contributed by atoms with Gasteiger partial charge in [-0.15, -0.1) is 0 Å². The average molecular weight is 384 g/mol. The van der Waals surface area contributed by atoms with Crippen molar-refractivity contribution in [3.63, 3.8) is 0 Å². The third kappa shape index (κ3) is 4.92. The molecule has 3 rings (SSSR count). The Morgan fingerprint density at radius 3 is 2.37 bits per heavy atom. The van der Waals surface area contributed by atoms with Crippen molar-refractivity contribution in [3.05, 3.63) is 95.8 Å². The van der Waals surface area contributed by atoms with E-state index in [0.29, 0.717) is 11.1 Å². The molecule has 0 radical (unpaired) electrons. The zero-order valence-electron chi connectivity index (χ0n) is 14.2. The second-order valence-corrected chi connectivity index (χ2v) is 7.49. The number of benzene rings is 3. The Balaban J connectivity index is 1.70. The highest BCUT2D eigenvalue weighted by Crippen LogP contribution is 2.17. The maximum atomic E-state index is 13.2. The number of nitrogens with one attached hydrogen (secondary N) is 2. The minimum atomic E-state index is -3.74. The molecule has 3 aromatic rings. The molecule has 3 aromatic carbocycles. The first-order valence-electron chi connectivity index (χ1n) is 8.15. The summed E-state index contributed by atoms with van der Waals surface area (Å²) in [5.41, 5.74) is 1.20. The number of rotatable bonds is 6. The summed E-state index contributed by atoms with van der Waals surface area (Å²) in [5, 5.41) is 2.68. The molecule has 0 fully saturated rings. The molecular formula is C20H17FN2O3S. The van der Waals surface area contributed by atoms with Gasteiger partial charge < -0.3 is 5.32 Å². The SMILES string of the molecule is O=C(NCc1cccc(F)c1)c1cccc(NS(=O)(=O)c2ccccc2)c1. The van der Waals surface area contributed by atoms with E-state index < -0.39 is 10.0 Å². The van der Waals surface area contributed by atoms with Gasteiger partial charge in [0.05, 0.1) is 4.90 Å². The number of halogens is 1. The summed E-state index contributed by atoms with van der Waals surface area (Å²) in [4.78, 5) is 12.4. The lowest BCUT2D eigenvalue weighted by molar-refractivity contribution is 0.0951. The standard InChI is InChI=1S/C20H17FN2O3S/c21-17-8-4-6-15(12-17)14-22-20(24)16-7-5-9-18(13-16)23-27(25,26)19-10-2-1-3-11-19/h1-13,23H,14H2,(H,22,24). The zero-order chi connectivity index (χ0) is 19.3. The van der Waals surface area contributed by atoms with Crippen molar-refractivity contribution < 1.29 is 17.6 Å². The summed E-state index contributed by atoms with van der Waals surface area (Å²) in [6, 6.07) is 20.0. The van der Waals surface area contributed by atoms with Gasteiger partial charge in [-0.25, -0.2) is 12.8 Å². The van der Waals surface area contributed by atoms with Gasteiger partial charge in [0.2, 0.25) is 0 Å². The fourth-order valence-corrected chi connectivity index (χ4v) is 3.54. The Labute approximate surface area is 156 Å². The molecule has 27 heavy (non-hydrogen) atoms. The summed E-state index contributed by atoms with van der Waals surface area (Å²) >= 11 is 0. The fraction of sp³-hybridized carbons (Fsp3) is 0.0500. The van der Waals surface area contributed by atoms with E-state index in [0.717, 1.165) is 0 Å². The van der Waals surface area contributed by atoms with Gasteiger partial charge in [-0.3, -0.25) is 9.52 Å². The lowest BCUT2D eigenvalue weighted by Crippen LogP contribution is -2.23. The molecule has 0 saturated heterocycles. The number of amides is 1. The van der Waals surface area contributed by atoms with Crippen LogP contribution in [0.25, 0.3) is 0 Å². The van der Waals surface area contributed by atoms with Crippen molar-refractivity contribution >= 4 is 21.6 Å². The topological polar surface area (TPSA) is 75.3 Å². The maximum Gasteiger partial charge on any atom is 0.261 e. The molecule has 0 spiro atoms. The molecule has 0 aliphatic rings. The smallest absolute Gasteiger partial charge is 0.261 e. The van der Waals surface area contributed by atoms with Crippen molar-refractivity contribution in [2.75, 3.05) is 4.72 Å². The van der Waals surface area contributed by atoms with Crippen LogP contribution in [0.2, 0.25) is 0 Å². The van der Waals surface area contributed by atoms with Crippen LogP contribution in [0.4, 0.5) is 10.1 Å². The van der Waals surface area contributed by atoms with Gasteiger partial charge in [0, 0.05) is 17.8 Å². The number of sulfonamides is 1. The first-order chi connectivity index (χ1) is 12.9. The number of carbonyl (C=O) groups is 1. The number of carbonyl (C=O) groups excluding carboxylic acids is 1. The molecule has 0 aromatic heterocycles. The van der Waals surface area contributed by atoms with Crippen LogP contribution in [0.15, 0.2) is 83.8 Å². The van der Waals surface area contributed by atoms with Crippen LogP contribution in [0.5, 0.6) is 0 Å². The van der Waals surface area contributed by atoms with E-state index in [-0.39, 0.29) is 28.9 Å².